The van der Waals surface area contributed by atoms with Crippen molar-refractivity contribution in [2.75, 3.05) is 5.32 Å². The van der Waals surface area contributed by atoms with Gasteiger partial charge in [-0.3, -0.25) is 0 Å². The minimum atomic E-state index is -0.397. The van der Waals surface area contributed by atoms with Gasteiger partial charge in [0.1, 0.15) is 11.6 Å². The molecule has 0 atom stereocenters. The highest BCUT2D eigenvalue weighted by molar-refractivity contribution is 6.33. The summed E-state index contributed by atoms with van der Waals surface area (Å²) in [5.41, 5.74) is 1.12. The summed E-state index contributed by atoms with van der Waals surface area (Å²) >= 11 is 5.84. The normalized spacial score (nSPS) is 10.3. The molecule has 0 aromatic heterocycles. The summed E-state index contributed by atoms with van der Waals surface area (Å²) in [6, 6.07) is 10.5. The zero-order chi connectivity index (χ0) is 12.3. The molecule has 0 spiro atoms. The van der Waals surface area contributed by atoms with Gasteiger partial charge in [-0.05, 0) is 24.3 Å². The van der Waals surface area contributed by atoms with Gasteiger partial charge in [0.05, 0.1) is 10.7 Å². The summed E-state index contributed by atoms with van der Waals surface area (Å²) in [5.74, 6) is -0.676. The van der Waals surface area contributed by atoms with Gasteiger partial charge in [-0.25, -0.2) is 8.78 Å². The maximum Gasteiger partial charge on any atom is 0.128 e. The number of nitrogens with one attached hydrogen (secondary N) is 1. The molecule has 2 aromatic rings. The zero-order valence-electron chi connectivity index (χ0n) is 8.88. The Morgan fingerprint density at radius 2 is 1.82 bits per heavy atom. The fraction of sp³-hybridized carbons (Fsp3) is 0.0769. The quantitative estimate of drug-likeness (QED) is 0.863. The molecule has 88 valence electrons. The van der Waals surface area contributed by atoms with Crippen molar-refractivity contribution in [2.45, 2.75) is 6.54 Å². The van der Waals surface area contributed by atoms with E-state index >= 15 is 0 Å². The average Bonchev–Trinajstić information content (AvgIpc) is 2.30. The molecule has 17 heavy (non-hydrogen) atoms. The molecule has 0 amide bonds. The molecule has 0 aliphatic carbocycles. The number of anilines is 1. The Hall–Kier alpha value is -1.61. The second-order valence-corrected chi connectivity index (χ2v) is 3.98. The minimum absolute atomic E-state index is 0.279. The predicted octanol–water partition coefficient (Wildman–Crippen LogP) is 4.23. The smallest absolute Gasteiger partial charge is 0.128 e. The second kappa shape index (κ2) is 5.15. The molecule has 0 unspecified atom stereocenters. The predicted molar refractivity (Wildman–Crippen MR) is 65.1 cm³/mol. The van der Waals surface area contributed by atoms with E-state index in [-0.39, 0.29) is 10.8 Å². The summed E-state index contributed by atoms with van der Waals surface area (Å²) in [6.07, 6.45) is 0. The molecular weight excluding hydrogens is 244 g/mol. The van der Waals surface area contributed by atoms with E-state index in [0.29, 0.717) is 17.8 Å². The van der Waals surface area contributed by atoms with E-state index in [2.05, 4.69) is 5.32 Å². The maximum atomic E-state index is 13.3. The maximum absolute atomic E-state index is 13.3. The van der Waals surface area contributed by atoms with Gasteiger partial charge in [0.2, 0.25) is 0 Å². The molecule has 2 rings (SSSR count). The van der Waals surface area contributed by atoms with Crippen molar-refractivity contribution in [2.24, 2.45) is 0 Å². The van der Waals surface area contributed by atoms with Crippen LogP contribution in [0.15, 0.2) is 42.5 Å². The summed E-state index contributed by atoms with van der Waals surface area (Å²) < 4.78 is 26.1. The molecule has 0 bridgehead atoms. The molecule has 0 fully saturated rings. The number of hydrogen-bond donors (Lipinski definition) is 1. The third-order valence-electron chi connectivity index (χ3n) is 2.36. The highest BCUT2D eigenvalue weighted by atomic mass is 35.5. The third-order valence-corrected chi connectivity index (χ3v) is 2.67. The van der Waals surface area contributed by atoms with E-state index in [0.717, 1.165) is 0 Å². The lowest BCUT2D eigenvalue weighted by Crippen LogP contribution is -2.02. The van der Waals surface area contributed by atoms with Crippen molar-refractivity contribution in [1.82, 2.24) is 0 Å². The molecule has 1 nitrogen and oxygen atoms in total. The standard InChI is InChI=1S/C13H10ClF2N/c14-11-7-10(15)5-6-13(11)17-8-9-3-1-2-4-12(9)16/h1-7,17H,8H2. The molecule has 0 radical (unpaired) electrons. The van der Waals surface area contributed by atoms with Crippen molar-refractivity contribution in [3.8, 4) is 0 Å². The molecular formula is C13H10ClF2N. The number of rotatable bonds is 3. The summed E-state index contributed by atoms with van der Waals surface area (Å²) in [4.78, 5) is 0. The van der Waals surface area contributed by atoms with Crippen LogP contribution in [0.1, 0.15) is 5.56 Å². The Bertz CT molecular complexity index is 529. The van der Waals surface area contributed by atoms with Gasteiger partial charge in [-0.2, -0.15) is 0 Å². The van der Waals surface area contributed by atoms with Crippen LogP contribution in [0.5, 0.6) is 0 Å². The first-order valence-corrected chi connectivity index (χ1v) is 5.47. The Morgan fingerprint density at radius 3 is 2.53 bits per heavy atom. The molecule has 0 saturated heterocycles. The van der Waals surface area contributed by atoms with E-state index in [4.69, 9.17) is 11.6 Å². The van der Waals surface area contributed by atoms with Crippen LogP contribution in [-0.4, -0.2) is 0 Å². The van der Waals surface area contributed by atoms with Gasteiger partial charge in [-0.1, -0.05) is 29.8 Å². The first kappa shape index (κ1) is 11.9. The summed E-state index contributed by atoms with van der Waals surface area (Å²) in [5, 5.41) is 3.24. The number of benzene rings is 2. The average molecular weight is 254 g/mol. The molecule has 0 heterocycles. The highest BCUT2D eigenvalue weighted by Crippen LogP contribution is 2.23. The molecule has 0 saturated carbocycles. The van der Waals surface area contributed by atoms with E-state index < -0.39 is 5.82 Å². The SMILES string of the molecule is Fc1ccc(NCc2ccccc2F)c(Cl)c1. The van der Waals surface area contributed by atoms with Crippen molar-refractivity contribution in [3.05, 3.63) is 64.7 Å². The van der Waals surface area contributed by atoms with Crippen LogP contribution in [0.25, 0.3) is 0 Å². The fourth-order valence-electron chi connectivity index (χ4n) is 1.47. The number of halogens is 3. The van der Waals surface area contributed by atoms with E-state index in [1.807, 2.05) is 0 Å². The van der Waals surface area contributed by atoms with Crippen molar-refractivity contribution < 1.29 is 8.78 Å². The lowest BCUT2D eigenvalue weighted by Gasteiger charge is -2.09. The molecule has 2 aromatic carbocycles. The van der Waals surface area contributed by atoms with Gasteiger partial charge >= 0.3 is 0 Å². The Morgan fingerprint density at radius 1 is 1.06 bits per heavy atom. The minimum Gasteiger partial charge on any atom is -0.380 e. The summed E-state index contributed by atoms with van der Waals surface area (Å²) in [7, 11) is 0. The summed E-state index contributed by atoms with van der Waals surface area (Å²) in [6.45, 7) is 0.304. The lowest BCUT2D eigenvalue weighted by molar-refractivity contribution is 0.613. The van der Waals surface area contributed by atoms with E-state index in [9.17, 15) is 8.78 Å². The second-order valence-electron chi connectivity index (χ2n) is 3.57. The monoisotopic (exact) mass is 253 g/mol. The van der Waals surface area contributed by atoms with Crippen molar-refractivity contribution >= 4 is 17.3 Å². The van der Waals surface area contributed by atoms with Gasteiger partial charge in [0, 0.05) is 12.1 Å². The Labute approximate surface area is 103 Å². The first-order chi connectivity index (χ1) is 8.16. The largest absolute Gasteiger partial charge is 0.380 e. The Balaban J connectivity index is 2.10. The van der Waals surface area contributed by atoms with Gasteiger partial charge in [0.15, 0.2) is 0 Å². The van der Waals surface area contributed by atoms with Gasteiger partial charge < -0.3 is 5.32 Å². The third kappa shape index (κ3) is 2.94. The van der Waals surface area contributed by atoms with Crippen LogP contribution in [-0.2, 0) is 6.54 Å². The van der Waals surface area contributed by atoms with Crippen LogP contribution in [0.3, 0.4) is 0 Å². The topological polar surface area (TPSA) is 12.0 Å². The molecule has 4 heteroatoms. The van der Waals surface area contributed by atoms with Crippen molar-refractivity contribution in [1.29, 1.82) is 0 Å². The van der Waals surface area contributed by atoms with Crippen LogP contribution in [0.2, 0.25) is 5.02 Å². The van der Waals surface area contributed by atoms with E-state index in [1.165, 1.54) is 24.3 Å². The van der Waals surface area contributed by atoms with Gasteiger partial charge in [-0.15, -0.1) is 0 Å². The van der Waals surface area contributed by atoms with Gasteiger partial charge in [0.25, 0.3) is 0 Å². The van der Waals surface area contributed by atoms with E-state index in [1.54, 1.807) is 18.2 Å². The van der Waals surface area contributed by atoms with Crippen LogP contribution in [0.4, 0.5) is 14.5 Å². The number of hydrogen-bond acceptors (Lipinski definition) is 1. The van der Waals surface area contributed by atoms with Crippen LogP contribution >= 0.6 is 11.6 Å². The first-order valence-electron chi connectivity index (χ1n) is 5.09. The molecule has 1 N–H and O–H groups in total. The van der Waals surface area contributed by atoms with Crippen LogP contribution < -0.4 is 5.32 Å². The molecule has 0 aliphatic rings. The highest BCUT2D eigenvalue weighted by Gasteiger charge is 2.03. The fourth-order valence-corrected chi connectivity index (χ4v) is 1.70. The van der Waals surface area contributed by atoms with Crippen molar-refractivity contribution in [3.63, 3.8) is 0 Å². The lowest BCUT2D eigenvalue weighted by atomic mass is 10.2. The van der Waals surface area contributed by atoms with Crippen LogP contribution in [0, 0.1) is 11.6 Å². The molecule has 0 aliphatic heterocycles. The Kier molecular flexibility index (Phi) is 3.59. The zero-order valence-corrected chi connectivity index (χ0v) is 9.64.